The second kappa shape index (κ2) is 18.0. The second-order valence-electron chi connectivity index (χ2n) is 16.1. The molecule has 53 heavy (non-hydrogen) atoms. The first-order chi connectivity index (χ1) is 24.5. The Kier molecular flexibility index (Phi) is 14.8. The molecule has 0 saturated heterocycles. The van der Waals surface area contributed by atoms with Crippen LogP contribution in [0.3, 0.4) is 0 Å². The molecule has 3 aromatic carbocycles. The van der Waals surface area contributed by atoms with Crippen LogP contribution in [-0.4, -0.2) is 23.4 Å². The normalized spacial score (nSPS) is 13.0. The van der Waals surface area contributed by atoms with Gasteiger partial charge in [0.05, 0.1) is 0 Å². The number of carbonyl (C=O) groups excluding carboxylic acids is 1. The van der Waals surface area contributed by atoms with Gasteiger partial charge in [-0.2, -0.15) is 0 Å². The molecule has 1 radical (unpaired) electrons. The van der Waals surface area contributed by atoms with E-state index in [0.29, 0.717) is 11.8 Å². The number of ketones is 1. The van der Waals surface area contributed by atoms with E-state index < -0.39 is 0 Å². The summed E-state index contributed by atoms with van der Waals surface area (Å²) in [6.45, 7) is 25.3. The second-order valence-corrected chi connectivity index (χ2v) is 16.1. The summed E-state index contributed by atoms with van der Waals surface area (Å²) in [5, 5.41) is 14.6. The number of rotatable bonds is 12. The number of nitrogens with zero attached hydrogens (tertiary/aromatic N) is 2. The van der Waals surface area contributed by atoms with Gasteiger partial charge in [0.25, 0.3) is 0 Å². The van der Waals surface area contributed by atoms with Gasteiger partial charge in [-0.1, -0.05) is 99.7 Å². The van der Waals surface area contributed by atoms with Crippen molar-refractivity contribution in [2.24, 2.45) is 26.7 Å². The molecule has 6 nitrogen and oxygen atoms in total. The minimum Gasteiger partial charge on any atom is -0.512 e. The van der Waals surface area contributed by atoms with E-state index in [1.807, 2.05) is 65.8 Å². The van der Waals surface area contributed by atoms with E-state index >= 15 is 0 Å². The quantitative estimate of drug-likeness (QED) is 0.0444. The van der Waals surface area contributed by atoms with Crippen LogP contribution in [0.15, 0.2) is 79.2 Å². The molecule has 0 spiro atoms. The van der Waals surface area contributed by atoms with Crippen LogP contribution in [0.5, 0.6) is 0 Å². The van der Waals surface area contributed by atoms with Gasteiger partial charge in [-0.15, -0.1) is 34.7 Å². The van der Waals surface area contributed by atoms with Crippen molar-refractivity contribution in [2.45, 2.75) is 121 Å². The summed E-state index contributed by atoms with van der Waals surface area (Å²) in [4.78, 5) is 21.1. The Morgan fingerprint density at radius 2 is 1.49 bits per heavy atom. The van der Waals surface area contributed by atoms with Crippen molar-refractivity contribution in [3.8, 4) is 0 Å². The summed E-state index contributed by atoms with van der Waals surface area (Å²) in [6, 6.07) is 19.9. The zero-order valence-corrected chi connectivity index (χ0v) is 36.3. The molecule has 0 saturated carbocycles. The number of aliphatic hydroxyl groups is 1. The summed E-state index contributed by atoms with van der Waals surface area (Å²) in [5.74, 6) is 2.38. The van der Waals surface area contributed by atoms with Crippen LogP contribution >= 0.6 is 0 Å². The third kappa shape index (κ3) is 10.0. The van der Waals surface area contributed by atoms with Crippen molar-refractivity contribution in [3.05, 3.63) is 88.9 Å². The summed E-state index contributed by atoms with van der Waals surface area (Å²) in [5.41, 5.74) is 4.49. The van der Waals surface area contributed by atoms with Crippen molar-refractivity contribution in [1.29, 1.82) is 0 Å². The third-order valence-electron chi connectivity index (χ3n) is 10.9. The van der Waals surface area contributed by atoms with Gasteiger partial charge < -0.3 is 13.9 Å². The van der Waals surface area contributed by atoms with Crippen LogP contribution in [0.25, 0.3) is 32.7 Å². The average Bonchev–Trinajstić information content (AvgIpc) is 3.68. The van der Waals surface area contributed by atoms with Crippen LogP contribution in [0.2, 0.25) is 0 Å². The maximum Gasteiger partial charge on any atom is 0.221 e. The molecule has 1 N–H and O–H groups in total. The monoisotopic (exact) mass is 896 g/mol. The number of furan rings is 2. The molecule has 5 rings (SSSR count). The van der Waals surface area contributed by atoms with Crippen LogP contribution in [-0.2, 0) is 36.7 Å². The van der Waals surface area contributed by atoms with Gasteiger partial charge in [-0.05, 0) is 67.9 Å². The molecule has 0 aliphatic carbocycles. The molecule has 7 heteroatoms. The van der Waals surface area contributed by atoms with E-state index in [1.165, 1.54) is 28.9 Å². The van der Waals surface area contributed by atoms with E-state index in [2.05, 4.69) is 81.9 Å². The van der Waals surface area contributed by atoms with Crippen molar-refractivity contribution in [2.75, 3.05) is 0 Å². The Morgan fingerprint density at radius 3 is 2.09 bits per heavy atom. The van der Waals surface area contributed by atoms with Crippen molar-refractivity contribution >= 4 is 56.9 Å². The van der Waals surface area contributed by atoms with Gasteiger partial charge >= 0.3 is 0 Å². The number of aliphatic imine (C=N–C) groups is 2. The maximum absolute atomic E-state index is 12.2. The van der Waals surface area contributed by atoms with E-state index in [0.717, 1.165) is 70.8 Å². The summed E-state index contributed by atoms with van der Waals surface area (Å²) in [6.07, 6.45) is 9.00. The van der Waals surface area contributed by atoms with E-state index in [-0.39, 0.29) is 47.9 Å². The predicted molar refractivity (Wildman–Crippen MR) is 220 cm³/mol. The summed E-state index contributed by atoms with van der Waals surface area (Å²) in [7, 11) is 0. The number of aryl methyl sites for hydroxylation is 1. The Hall–Kier alpha value is -3.80. The van der Waals surface area contributed by atoms with Gasteiger partial charge in [0, 0.05) is 60.3 Å². The largest absolute Gasteiger partial charge is 0.512 e. The van der Waals surface area contributed by atoms with E-state index in [9.17, 15) is 9.90 Å². The molecule has 0 atom stereocenters. The number of allylic oxidation sites excluding steroid dienone is 2. The molecule has 0 fully saturated rings. The SMILES string of the molecule is CCC(C)(CC)C(=O)/C=C(\O)C(C)(CC)CC.Cc1c(CC(C)C)oc2ccc3oc(/N=C\N=Cc4[c-]c5ccccc5c(C(C)(C)C)c4)cc3c12.[Ir]. The molecule has 0 amide bonds. The maximum atomic E-state index is 12.2. The first-order valence-electron chi connectivity index (χ1n) is 18.9. The Balaban J connectivity index is 0.000000359. The zero-order chi connectivity index (χ0) is 38.4. The van der Waals surface area contributed by atoms with E-state index in [1.54, 1.807) is 6.21 Å². The third-order valence-corrected chi connectivity index (χ3v) is 10.9. The smallest absolute Gasteiger partial charge is 0.221 e. The van der Waals surface area contributed by atoms with Crippen LogP contribution in [0.1, 0.15) is 124 Å². The topological polar surface area (TPSA) is 88.3 Å². The van der Waals surface area contributed by atoms with Crippen LogP contribution in [0.4, 0.5) is 5.88 Å². The van der Waals surface area contributed by atoms with Crippen LogP contribution < -0.4 is 0 Å². The summed E-state index contributed by atoms with van der Waals surface area (Å²) < 4.78 is 12.1. The van der Waals surface area contributed by atoms with E-state index in [4.69, 9.17) is 8.83 Å². The first-order valence-corrected chi connectivity index (χ1v) is 18.9. The van der Waals surface area contributed by atoms with Crippen molar-refractivity contribution in [3.63, 3.8) is 0 Å². The summed E-state index contributed by atoms with van der Waals surface area (Å²) >= 11 is 0. The number of hydrogen-bond acceptors (Lipinski definition) is 5. The fraction of sp³-hybridized carbons (Fsp3) is 0.457. The molecule has 0 unspecified atom stereocenters. The minimum absolute atomic E-state index is 0. The number of benzene rings is 3. The van der Waals surface area contributed by atoms with Gasteiger partial charge in [0.15, 0.2) is 5.78 Å². The molecular formula is C46H59IrN2O4-. The average molecular weight is 896 g/mol. The van der Waals surface area contributed by atoms with Gasteiger partial charge in [-0.3, -0.25) is 9.79 Å². The van der Waals surface area contributed by atoms with Gasteiger partial charge in [0.1, 0.15) is 29.0 Å². The number of hydrogen-bond donors (Lipinski definition) is 1. The number of fused-ring (bicyclic) bond motifs is 4. The van der Waals surface area contributed by atoms with Gasteiger partial charge in [-0.25, -0.2) is 4.99 Å². The Bertz CT molecular complexity index is 2100. The molecule has 2 aromatic heterocycles. The zero-order valence-electron chi connectivity index (χ0n) is 33.9. The first kappa shape index (κ1) is 43.6. The standard InChI is InChI=1S/C31H31N2O2.C15H28O2.Ir/c1-19(2)13-28-20(3)30-24-16-29(35-26(24)11-12-27(30)34-28)33-18-32-17-21-14-22-9-7-8-10-23(22)25(15-21)31(4,5)6;1-7-14(5,8-2)12(16)11-13(17)15(6,9-3)10-4;/h7-12,15-19H,13H2,1-6H3;11,16H,7-10H2,1-6H3;/q-1;;/b32-17?,33-18-;12-11-;. The Morgan fingerprint density at radius 1 is 0.868 bits per heavy atom. The van der Waals surface area contributed by atoms with Crippen molar-refractivity contribution < 1.29 is 38.8 Å². The van der Waals surface area contributed by atoms with Crippen molar-refractivity contribution in [1.82, 2.24) is 0 Å². The molecular weight excluding hydrogens is 837 g/mol. The molecule has 2 heterocycles. The van der Waals surface area contributed by atoms with Crippen LogP contribution in [0, 0.1) is 29.7 Å². The molecule has 0 aliphatic heterocycles. The molecule has 0 bridgehead atoms. The molecule has 287 valence electrons. The molecule has 0 aliphatic rings. The number of carbonyl (C=O) groups is 1. The minimum atomic E-state index is -0.337. The fourth-order valence-corrected chi connectivity index (χ4v) is 6.36. The van der Waals surface area contributed by atoms with Gasteiger partial charge in [0.2, 0.25) is 5.88 Å². The molecule has 5 aromatic rings. The Labute approximate surface area is 330 Å². The number of aliphatic hydroxyl groups excluding tert-OH is 1. The fourth-order valence-electron chi connectivity index (χ4n) is 6.36. The predicted octanol–water partition coefficient (Wildman–Crippen LogP) is 13.4.